The minimum Gasteiger partial charge on any atom is -0.461 e. The maximum atomic E-state index is 12.9. The molecular formula is C23H39N3O4. The number of ether oxygens (including phenoxy) is 2. The molecule has 0 amide bonds. The van der Waals surface area contributed by atoms with Crippen LogP contribution in [0.25, 0.3) is 0 Å². The molecule has 7 nitrogen and oxygen atoms in total. The maximum Gasteiger partial charge on any atom is 0.323 e. The van der Waals surface area contributed by atoms with E-state index >= 15 is 0 Å². The van der Waals surface area contributed by atoms with Crippen LogP contribution < -0.4 is 10.6 Å². The van der Waals surface area contributed by atoms with E-state index in [-0.39, 0.29) is 25.0 Å². The van der Waals surface area contributed by atoms with Crippen LogP contribution in [-0.2, 0) is 25.7 Å². The number of rotatable bonds is 14. The van der Waals surface area contributed by atoms with Gasteiger partial charge in [-0.05, 0) is 46.3 Å². The van der Waals surface area contributed by atoms with Crippen molar-refractivity contribution in [2.45, 2.75) is 58.8 Å². The Morgan fingerprint density at radius 3 is 2.37 bits per heavy atom. The highest BCUT2D eigenvalue weighted by Gasteiger charge is 2.30. The van der Waals surface area contributed by atoms with Gasteiger partial charge in [-0.3, -0.25) is 14.5 Å². The quantitative estimate of drug-likeness (QED) is 0.353. The SMILES string of the molecule is CCNCCN(CCNC)C(CCC(=O)OCc1ccccc1)C(=O)OC(C)(C)C. The molecule has 0 aliphatic rings. The summed E-state index contributed by atoms with van der Waals surface area (Å²) in [6.45, 7) is 11.6. The van der Waals surface area contributed by atoms with Gasteiger partial charge in [-0.2, -0.15) is 0 Å². The molecule has 2 N–H and O–H groups in total. The molecule has 0 fully saturated rings. The molecule has 7 heteroatoms. The van der Waals surface area contributed by atoms with Crippen molar-refractivity contribution in [2.75, 3.05) is 39.8 Å². The van der Waals surface area contributed by atoms with Crippen molar-refractivity contribution in [1.29, 1.82) is 0 Å². The highest BCUT2D eigenvalue weighted by molar-refractivity contribution is 5.77. The van der Waals surface area contributed by atoms with E-state index in [1.165, 1.54) is 0 Å². The van der Waals surface area contributed by atoms with Gasteiger partial charge in [0.2, 0.25) is 0 Å². The van der Waals surface area contributed by atoms with Crippen molar-refractivity contribution >= 4 is 11.9 Å². The van der Waals surface area contributed by atoms with Gasteiger partial charge in [0.1, 0.15) is 18.2 Å². The smallest absolute Gasteiger partial charge is 0.323 e. The average Bonchev–Trinajstić information content (AvgIpc) is 2.69. The van der Waals surface area contributed by atoms with E-state index in [0.717, 1.165) is 25.2 Å². The fraction of sp³-hybridized carbons (Fsp3) is 0.652. The third kappa shape index (κ3) is 11.3. The Morgan fingerprint density at radius 2 is 1.77 bits per heavy atom. The van der Waals surface area contributed by atoms with Crippen LogP contribution in [0.1, 0.15) is 46.1 Å². The lowest BCUT2D eigenvalue weighted by Gasteiger charge is -2.32. The molecule has 170 valence electrons. The minimum atomic E-state index is -0.584. The first kappa shape index (κ1) is 26.1. The van der Waals surface area contributed by atoms with Crippen molar-refractivity contribution in [2.24, 2.45) is 0 Å². The van der Waals surface area contributed by atoms with Crippen molar-refractivity contribution in [1.82, 2.24) is 15.5 Å². The first-order chi connectivity index (χ1) is 14.3. The van der Waals surface area contributed by atoms with Gasteiger partial charge in [-0.1, -0.05) is 37.3 Å². The molecule has 0 heterocycles. The van der Waals surface area contributed by atoms with Crippen LogP contribution in [0.15, 0.2) is 30.3 Å². The van der Waals surface area contributed by atoms with Gasteiger partial charge in [-0.15, -0.1) is 0 Å². The Morgan fingerprint density at radius 1 is 1.10 bits per heavy atom. The largest absolute Gasteiger partial charge is 0.461 e. The minimum absolute atomic E-state index is 0.161. The highest BCUT2D eigenvalue weighted by atomic mass is 16.6. The third-order valence-corrected chi connectivity index (χ3v) is 4.46. The van der Waals surface area contributed by atoms with E-state index in [2.05, 4.69) is 15.5 Å². The summed E-state index contributed by atoms with van der Waals surface area (Å²) in [6, 6.07) is 9.07. The molecular weight excluding hydrogens is 382 g/mol. The number of esters is 2. The molecule has 1 unspecified atom stereocenters. The van der Waals surface area contributed by atoms with Crippen LogP contribution in [0.5, 0.6) is 0 Å². The Hall–Kier alpha value is -1.96. The number of benzene rings is 1. The molecule has 1 aromatic carbocycles. The number of hydrogen-bond acceptors (Lipinski definition) is 7. The van der Waals surface area contributed by atoms with Gasteiger partial charge < -0.3 is 20.1 Å². The summed E-state index contributed by atoms with van der Waals surface area (Å²) in [7, 11) is 1.88. The Balaban J connectivity index is 2.76. The molecule has 0 aromatic heterocycles. The summed E-state index contributed by atoms with van der Waals surface area (Å²) >= 11 is 0. The molecule has 0 radical (unpaired) electrons. The molecule has 0 bridgehead atoms. The fourth-order valence-corrected chi connectivity index (χ4v) is 2.96. The number of nitrogens with one attached hydrogen (secondary N) is 2. The van der Waals surface area contributed by atoms with E-state index in [0.29, 0.717) is 19.5 Å². The van der Waals surface area contributed by atoms with E-state index in [1.807, 2.05) is 65.1 Å². The van der Waals surface area contributed by atoms with Crippen molar-refractivity contribution in [3.63, 3.8) is 0 Å². The maximum absolute atomic E-state index is 12.9. The molecule has 1 rings (SSSR count). The van der Waals surface area contributed by atoms with Crippen LogP contribution >= 0.6 is 0 Å². The summed E-state index contributed by atoms with van der Waals surface area (Å²) in [5.41, 5.74) is 0.357. The van der Waals surface area contributed by atoms with Crippen molar-refractivity contribution in [3.8, 4) is 0 Å². The number of likely N-dealkylation sites (N-methyl/N-ethyl adjacent to an activating group) is 2. The first-order valence-corrected chi connectivity index (χ1v) is 10.8. The second kappa shape index (κ2) is 14.1. The number of hydrogen-bond donors (Lipinski definition) is 2. The van der Waals surface area contributed by atoms with E-state index in [9.17, 15) is 9.59 Å². The van der Waals surface area contributed by atoms with Crippen LogP contribution in [-0.4, -0.2) is 68.3 Å². The lowest BCUT2D eigenvalue weighted by atomic mass is 10.1. The average molecular weight is 422 g/mol. The van der Waals surface area contributed by atoms with Gasteiger partial charge in [-0.25, -0.2) is 0 Å². The van der Waals surface area contributed by atoms with Gasteiger partial charge in [0.05, 0.1) is 0 Å². The van der Waals surface area contributed by atoms with E-state index < -0.39 is 11.6 Å². The first-order valence-electron chi connectivity index (χ1n) is 10.8. The molecule has 0 saturated heterocycles. The molecule has 1 aromatic rings. The van der Waals surface area contributed by atoms with E-state index in [4.69, 9.17) is 9.47 Å². The third-order valence-electron chi connectivity index (χ3n) is 4.46. The molecule has 0 spiro atoms. The summed E-state index contributed by atoms with van der Waals surface area (Å²) in [4.78, 5) is 27.3. The molecule has 1 atom stereocenters. The topological polar surface area (TPSA) is 79.9 Å². The fourth-order valence-electron chi connectivity index (χ4n) is 2.96. The van der Waals surface area contributed by atoms with Crippen LogP contribution in [0.4, 0.5) is 0 Å². The highest BCUT2D eigenvalue weighted by Crippen LogP contribution is 2.16. The Kier molecular flexibility index (Phi) is 12.3. The van der Waals surface area contributed by atoms with Crippen LogP contribution in [0.2, 0.25) is 0 Å². The Labute approximate surface area is 181 Å². The summed E-state index contributed by atoms with van der Waals surface area (Å²) in [5.74, 6) is -0.612. The zero-order chi connectivity index (χ0) is 22.4. The molecule has 30 heavy (non-hydrogen) atoms. The number of nitrogens with zero attached hydrogens (tertiary/aromatic N) is 1. The van der Waals surface area contributed by atoms with Gasteiger partial charge in [0.15, 0.2) is 0 Å². The lowest BCUT2D eigenvalue weighted by molar-refractivity contribution is -0.162. The zero-order valence-electron chi connectivity index (χ0n) is 19.2. The van der Waals surface area contributed by atoms with E-state index in [1.54, 1.807) is 0 Å². The normalized spacial score (nSPS) is 12.6. The van der Waals surface area contributed by atoms with Crippen LogP contribution in [0, 0.1) is 0 Å². The Bertz CT molecular complexity index is 617. The van der Waals surface area contributed by atoms with Crippen molar-refractivity contribution < 1.29 is 19.1 Å². The van der Waals surface area contributed by atoms with Gasteiger partial charge >= 0.3 is 11.9 Å². The zero-order valence-corrected chi connectivity index (χ0v) is 19.2. The summed E-state index contributed by atoms with van der Waals surface area (Å²) in [5, 5.41) is 6.42. The molecule has 0 aliphatic heterocycles. The molecule has 0 aliphatic carbocycles. The predicted molar refractivity (Wildman–Crippen MR) is 119 cm³/mol. The summed E-state index contributed by atoms with van der Waals surface area (Å²) < 4.78 is 11.0. The number of carbonyl (C=O) groups excluding carboxylic acids is 2. The standard InChI is InChI=1S/C23H39N3O4/c1-6-25-15-17-26(16-14-24-5)20(22(28)30-23(2,3)4)12-13-21(27)29-18-19-10-8-7-9-11-19/h7-11,20,24-25H,6,12-18H2,1-5H3. The summed E-state index contributed by atoms with van der Waals surface area (Å²) in [6.07, 6.45) is 0.520. The number of carbonyl (C=O) groups is 2. The second-order valence-electron chi connectivity index (χ2n) is 8.23. The van der Waals surface area contributed by atoms with Crippen molar-refractivity contribution in [3.05, 3.63) is 35.9 Å². The van der Waals surface area contributed by atoms with Crippen LogP contribution in [0.3, 0.4) is 0 Å². The monoisotopic (exact) mass is 421 g/mol. The van der Waals surface area contributed by atoms with Gasteiger partial charge in [0, 0.05) is 32.6 Å². The lowest BCUT2D eigenvalue weighted by Crippen LogP contribution is -2.49. The second-order valence-corrected chi connectivity index (χ2v) is 8.23. The van der Waals surface area contributed by atoms with Gasteiger partial charge in [0.25, 0.3) is 0 Å². The predicted octanol–water partition coefficient (Wildman–Crippen LogP) is 2.35. The molecule has 0 saturated carbocycles.